The molecule has 0 radical (unpaired) electrons. The molecule has 13 rings (SSSR count). The molecule has 2 aliphatic rings. The van der Waals surface area contributed by atoms with Crippen LogP contribution in [0.25, 0.3) is 76.2 Å². The highest BCUT2D eigenvalue weighted by molar-refractivity contribution is 6.98. The average Bonchev–Trinajstić information content (AvgIpc) is 3.88. The fraction of sp³-hybridized carbons (Fsp3) is 0.0870. The molecule has 11 aromatic rings. The highest BCUT2D eigenvalue weighted by Gasteiger charge is 2.43. The summed E-state index contributed by atoms with van der Waals surface area (Å²) in [5.41, 5.74) is 11.9. The summed E-state index contributed by atoms with van der Waals surface area (Å²) >= 11 is 0. The SMILES string of the molecule is CC(C)(C)c1cc2c3c(c1)Oc1c(ccc4c1c1cccc5c6ccccc6n4c51)B3c1ccc3c(c1O2)c1cccc2c4ccccc4n3c21. The first-order valence-electron chi connectivity index (χ1n) is 17.9. The van der Waals surface area contributed by atoms with Gasteiger partial charge in [0, 0.05) is 37.8 Å². The fourth-order valence-electron chi connectivity index (χ4n) is 9.87. The van der Waals surface area contributed by atoms with Gasteiger partial charge in [-0.05, 0) is 58.3 Å². The highest BCUT2D eigenvalue weighted by atomic mass is 16.5. The third-order valence-corrected chi connectivity index (χ3v) is 12.0. The van der Waals surface area contributed by atoms with Gasteiger partial charge in [0.2, 0.25) is 0 Å². The van der Waals surface area contributed by atoms with Crippen LogP contribution in [0.15, 0.2) is 121 Å². The zero-order valence-corrected chi connectivity index (χ0v) is 28.3. The summed E-state index contributed by atoms with van der Waals surface area (Å²) in [5.74, 6) is 3.69. The molecule has 0 aliphatic carbocycles. The Kier molecular flexibility index (Phi) is 4.47. The minimum atomic E-state index is -0.0999. The normalized spacial score (nSPS) is 14.1. The van der Waals surface area contributed by atoms with E-state index in [1.54, 1.807) is 0 Å². The number of hydrogen-bond donors (Lipinski definition) is 0. The van der Waals surface area contributed by atoms with Crippen molar-refractivity contribution >= 4 is 99.3 Å². The highest BCUT2D eigenvalue weighted by Crippen LogP contribution is 2.48. The molecule has 0 bridgehead atoms. The number of rotatable bonds is 0. The topological polar surface area (TPSA) is 27.3 Å². The zero-order chi connectivity index (χ0) is 33.5. The van der Waals surface area contributed by atoms with Gasteiger partial charge in [-0.25, -0.2) is 0 Å². The van der Waals surface area contributed by atoms with E-state index in [4.69, 9.17) is 9.47 Å². The van der Waals surface area contributed by atoms with Gasteiger partial charge < -0.3 is 18.3 Å². The largest absolute Gasteiger partial charge is 0.458 e. The van der Waals surface area contributed by atoms with Crippen LogP contribution in [0.4, 0.5) is 0 Å². The summed E-state index contributed by atoms with van der Waals surface area (Å²) in [6.45, 7) is 6.75. The van der Waals surface area contributed by atoms with E-state index in [1.165, 1.54) is 92.7 Å². The number of fused-ring (bicyclic) bond motifs is 18. The van der Waals surface area contributed by atoms with Crippen LogP contribution in [0.3, 0.4) is 0 Å². The van der Waals surface area contributed by atoms with Crippen molar-refractivity contribution in [3.05, 3.63) is 127 Å². The van der Waals surface area contributed by atoms with Crippen LogP contribution < -0.4 is 25.9 Å². The number of aromatic nitrogens is 2. The molecule has 5 heteroatoms. The minimum Gasteiger partial charge on any atom is -0.458 e. The standard InChI is InChI=1S/C46H29BN2O2/c1-46(2,3)24-22-37-41-38(23-24)51-45-32(19-21-36-40(45)30-15-9-13-28-26-11-5-7-17-34(26)49(36)43(28)30)47(41)31-18-20-35-39(44(31)50-37)29-14-8-12-27-25-10-4-6-16-33(25)48(35)42(27)29/h4-23H,1-3H3. The van der Waals surface area contributed by atoms with E-state index in [2.05, 4.69) is 151 Å². The minimum absolute atomic E-state index is 0.0427. The Morgan fingerprint density at radius 3 is 1.41 bits per heavy atom. The number of hydrogen-bond acceptors (Lipinski definition) is 2. The molecule has 0 saturated carbocycles. The first-order chi connectivity index (χ1) is 25.0. The fourth-order valence-corrected chi connectivity index (χ4v) is 9.87. The zero-order valence-electron chi connectivity index (χ0n) is 28.3. The lowest BCUT2D eigenvalue weighted by molar-refractivity contribution is 0.464. The number of nitrogens with zero attached hydrogens (tertiary/aromatic N) is 2. The molecule has 4 aromatic heterocycles. The quantitative estimate of drug-likeness (QED) is 0.153. The van der Waals surface area contributed by atoms with Crippen molar-refractivity contribution in [2.75, 3.05) is 0 Å². The average molecular weight is 653 g/mol. The molecule has 0 spiro atoms. The Hall–Kier alpha value is -6.20. The van der Waals surface area contributed by atoms with Crippen molar-refractivity contribution in [2.45, 2.75) is 26.2 Å². The lowest BCUT2D eigenvalue weighted by Gasteiger charge is -2.35. The molecule has 51 heavy (non-hydrogen) atoms. The summed E-state index contributed by atoms with van der Waals surface area (Å²) in [6.07, 6.45) is 0. The van der Waals surface area contributed by atoms with Crippen LogP contribution >= 0.6 is 0 Å². The lowest BCUT2D eigenvalue weighted by Crippen LogP contribution is -2.57. The molecule has 0 saturated heterocycles. The number of benzene rings is 7. The molecular weight excluding hydrogens is 623 g/mol. The number of para-hydroxylation sites is 4. The second-order valence-electron chi connectivity index (χ2n) is 15.6. The Balaban J connectivity index is 1.17. The van der Waals surface area contributed by atoms with Crippen LogP contribution in [-0.2, 0) is 5.41 Å². The summed E-state index contributed by atoms with van der Waals surface area (Å²) in [6, 6.07) is 44.7. The maximum atomic E-state index is 7.19. The van der Waals surface area contributed by atoms with Crippen molar-refractivity contribution in [1.82, 2.24) is 8.80 Å². The van der Waals surface area contributed by atoms with E-state index < -0.39 is 0 Å². The molecule has 0 atom stereocenters. The summed E-state index contributed by atoms with van der Waals surface area (Å²) in [7, 11) is 0. The third kappa shape index (κ3) is 3.00. The molecule has 7 aromatic carbocycles. The van der Waals surface area contributed by atoms with Gasteiger partial charge in [0.25, 0.3) is 6.71 Å². The Morgan fingerprint density at radius 2 is 0.922 bits per heavy atom. The van der Waals surface area contributed by atoms with Gasteiger partial charge in [-0.3, -0.25) is 0 Å². The van der Waals surface area contributed by atoms with Gasteiger partial charge >= 0.3 is 0 Å². The van der Waals surface area contributed by atoms with Crippen LogP contribution in [-0.4, -0.2) is 15.5 Å². The molecule has 0 unspecified atom stereocenters. The molecule has 4 nitrogen and oxygen atoms in total. The number of ether oxygens (including phenoxy) is 2. The Bertz CT molecular complexity index is 3150. The molecule has 6 heterocycles. The van der Waals surface area contributed by atoms with E-state index in [1.807, 2.05) is 0 Å². The van der Waals surface area contributed by atoms with Gasteiger partial charge in [-0.2, -0.15) is 0 Å². The van der Waals surface area contributed by atoms with Crippen LogP contribution in [0.2, 0.25) is 0 Å². The van der Waals surface area contributed by atoms with Gasteiger partial charge in [0.05, 0.1) is 43.9 Å². The van der Waals surface area contributed by atoms with E-state index in [9.17, 15) is 0 Å². The van der Waals surface area contributed by atoms with Gasteiger partial charge in [-0.1, -0.05) is 106 Å². The maximum absolute atomic E-state index is 7.19. The second-order valence-corrected chi connectivity index (χ2v) is 15.6. The summed E-state index contributed by atoms with van der Waals surface area (Å²) in [4.78, 5) is 0. The van der Waals surface area contributed by atoms with E-state index >= 15 is 0 Å². The summed E-state index contributed by atoms with van der Waals surface area (Å²) in [5, 5.41) is 9.92. The van der Waals surface area contributed by atoms with E-state index in [-0.39, 0.29) is 12.1 Å². The van der Waals surface area contributed by atoms with Gasteiger partial charge in [0.1, 0.15) is 23.0 Å². The predicted molar refractivity (Wildman–Crippen MR) is 212 cm³/mol. The van der Waals surface area contributed by atoms with Crippen molar-refractivity contribution in [3.8, 4) is 23.0 Å². The monoisotopic (exact) mass is 652 g/mol. The van der Waals surface area contributed by atoms with Gasteiger partial charge in [-0.15, -0.1) is 0 Å². The third-order valence-electron chi connectivity index (χ3n) is 12.0. The molecular formula is C46H29BN2O2. The van der Waals surface area contributed by atoms with Crippen LogP contribution in [0.1, 0.15) is 26.3 Å². The van der Waals surface area contributed by atoms with Crippen molar-refractivity contribution < 1.29 is 9.47 Å². The Morgan fingerprint density at radius 1 is 0.471 bits per heavy atom. The molecule has 2 aliphatic heterocycles. The summed E-state index contributed by atoms with van der Waals surface area (Å²) < 4.78 is 19.3. The molecule has 238 valence electrons. The first-order valence-corrected chi connectivity index (χ1v) is 17.9. The van der Waals surface area contributed by atoms with Crippen LogP contribution in [0, 0.1) is 0 Å². The molecule has 0 amide bonds. The second kappa shape index (κ2) is 8.56. The van der Waals surface area contributed by atoms with E-state index in [0.29, 0.717) is 0 Å². The Labute approximate surface area is 292 Å². The van der Waals surface area contributed by atoms with Crippen molar-refractivity contribution in [3.63, 3.8) is 0 Å². The first kappa shape index (κ1) is 26.6. The molecule has 0 N–H and O–H groups in total. The maximum Gasteiger partial charge on any atom is 0.260 e. The van der Waals surface area contributed by atoms with E-state index in [0.717, 1.165) is 28.5 Å². The van der Waals surface area contributed by atoms with Gasteiger partial charge in [0.15, 0.2) is 0 Å². The smallest absolute Gasteiger partial charge is 0.260 e. The van der Waals surface area contributed by atoms with Crippen LogP contribution in [0.5, 0.6) is 23.0 Å². The van der Waals surface area contributed by atoms with Crippen molar-refractivity contribution in [1.29, 1.82) is 0 Å². The lowest BCUT2D eigenvalue weighted by atomic mass is 9.34. The van der Waals surface area contributed by atoms with Crippen molar-refractivity contribution in [2.24, 2.45) is 0 Å². The predicted octanol–water partition coefficient (Wildman–Crippen LogP) is 10.0. The molecule has 0 fully saturated rings.